The second-order valence-electron chi connectivity index (χ2n) is 5.97. The Hall–Kier alpha value is -2.23. The van der Waals surface area contributed by atoms with Crippen molar-refractivity contribution in [2.75, 3.05) is 18.6 Å². The maximum absolute atomic E-state index is 13.0. The molecule has 0 bridgehead atoms. The van der Waals surface area contributed by atoms with E-state index in [0.717, 1.165) is 5.56 Å². The summed E-state index contributed by atoms with van der Waals surface area (Å²) in [5.74, 6) is 1.03. The first-order valence-electron chi connectivity index (χ1n) is 8.40. The number of nitrogens with one attached hydrogen (secondary N) is 1. The first-order chi connectivity index (χ1) is 12.9. The van der Waals surface area contributed by atoms with E-state index in [1.54, 1.807) is 30.5 Å². The molecule has 0 aliphatic rings. The van der Waals surface area contributed by atoms with Gasteiger partial charge in [-0.15, -0.1) is 0 Å². The van der Waals surface area contributed by atoms with E-state index < -0.39 is 10.0 Å². The Morgan fingerprint density at radius 2 is 1.96 bits per heavy atom. The van der Waals surface area contributed by atoms with Crippen molar-refractivity contribution in [3.05, 3.63) is 58.5 Å². The molecule has 3 rings (SSSR count). The fraction of sp³-hybridized carbons (Fsp3) is 0.278. The molecule has 0 aliphatic heterocycles. The molecule has 2 aromatic heterocycles. The molecule has 0 radical (unpaired) electrons. The van der Waals surface area contributed by atoms with Gasteiger partial charge in [0.15, 0.2) is 5.16 Å². The van der Waals surface area contributed by atoms with Crippen molar-refractivity contribution in [3.63, 3.8) is 0 Å². The lowest BCUT2D eigenvalue weighted by Crippen LogP contribution is -2.23. The Morgan fingerprint density at radius 3 is 2.67 bits per heavy atom. The molecule has 0 saturated carbocycles. The molecule has 9 heteroatoms. The zero-order chi connectivity index (χ0) is 19.4. The Morgan fingerprint density at radius 1 is 1.19 bits per heavy atom. The Labute approximate surface area is 161 Å². The van der Waals surface area contributed by atoms with Crippen molar-refractivity contribution < 1.29 is 8.42 Å². The normalized spacial score (nSPS) is 11.8. The van der Waals surface area contributed by atoms with Crippen LogP contribution in [0.3, 0.4) is 0 Å². The maximum Gasteiger partial charge on any atom is 0.267 e. The predicted octanol–water partition coefficient (Wildman–Crippen LogP) is 2.12. The number of benzene rings is 1. The van der Waals surface area contributed by atoms with Crippen LogP contribution in [0.2, 0.25) is 0 Å². The van der Waals surface area contributed by atoms with Gasteiger partial charge in [0.05, 0.1) is 16.7 Å². The topological polar surface area (TPSA) is 94.0 Å². The van der Waals surface area contributed by atoms with E-state index in [-0.39, 0.29) is 11.3 Å². The number of hydrogen-bond acceptors (Lipinski definition) is 6. The van der Waals surface area contributed by atoms with Gasteiger partial charge in [0.2, 0.25) is 10.0 Å². The van der Waals surface area contributed by atoms with E-state index in [0.29, 0.717) is 34.1 Å². The number of para-hydroxylation sites is 1. The second kappa shape index (κ2) is 8.20. The molecule has 3 aromatic rings. The van der Waals surface area contributed by atoms with Crippen molar-refractivity contribution in [1.82, 2.24) is 19.3 Å². The van der Waals surface area contributed by atoms with Gasteiger partial charge in [-0.25, -0.2) is 27.7 Å². The van der Waals surface area contributed by atoms with Gasteiger partial charge in [-0.05, 0) is 44.2 Å². The number of sulfonamides is 1. The summed E-state index contributed by atoms with van der Waals surface area (Å²) in [6, 6.07) is 10.8. The number of nitrogens with zero attached hydrogens (tertiary/aromatic N) is 3. The van der Waals surface area contributed by atoms with Crippen LogP contribution in [0.4, 0.5) is 0 Å². The van der Waals surface area contributed by atoms with Crippen molar-refractivity contribution in [2.24, 2.45) is 0 Å². The highest BCUT2D eigenvalue weighted by molar-refractivity contribution is 7.99. The third-order valence-corrected chi connectivity index (χ3v) is 6.44. The summed E-state index contributed by atoms with van der Waals surface area (Å²) in [5, 5.41) is 1.01. The van der Waals surface area contributed by atoms with E-state index in [9.17, 15) is 13.2 Å². The van der Waals surface area contributed by atoms with E-state index in [1.807, 2.05) is 19.1 Å². The summed E-state index contributed by atoms with van der Waals surface area (Å²) in [4.78, 5) is 22.0. The van der Waals surface area contributed by atoms with Crippen LogP contribution in [0.5, 0.6) is 0 Å². The SMILES string of the molecule is CNS(=O)(=O)CCCSc1nc2ccccc2c(=O)n1-c1ccc(C)cn1. The fourth-order valence-electron chi connectivity index (χ4n) is 2.52. The van der Waals surface area contributed by atoms with Crippen LogP contribution in [-0.2, 0) is 10.0 Å². The lowest BCUT2D eigenvalue weighted by Gasteiger charge is -2.12. The van der Waals surface area contributed by atoms with Crippen LogP contribution in [-0.4, -0.2) is 41.5 Å². The van der Waals surface area contributed by atoms with Crippen molar-refractivity contribution in [1.29, 1.82) is 0 Å². The molecule has 27 heavy (non-hydrogen) atoms. The van der Waals surface area contributed by atoms with Crippen LogP contribution in [0.15, 0.2) is 52.5 Å². The average Bonchev–Trinajstić information content (AvgIpc) is 2.66. The zero-order valence-electron chi connectivity index (χ0n) is 15.0. The summed E-state index contributed by atoms with van der Waals surface area (Å²) in [5.41, 5.74) is 1.41. The van der Waals surface area contributed by atoms with Crippen molar-refractivity contribution in [2.45, 2.75) is 18.5 Å². The highest BCUT2D eigenvalue weighted by Gasteiger charge is 2.14. The van der Waals surface area contributed by atoms with Gasteiger partial charge in [-0.2, -0.15) is 0 Å². The van der Waals surface area contributed by atoms with Crippen LogP contribution in [0.1, 0.15) is 12.0 Å². The van der Waals surface area contributed by atoms with Gasteiger partial charge in [0, 0.05) is 11.9 Å². The summed E-state index contributed by atoms with van der Waals surface area (Å²) >= 11 is 1.35. The first kappa shape index (κ1) is 19.5. The van der Waals surface area contributed by atoms with Gasteiger partial charge in [-0.1, -0.05) is 30.0 Å². The van der Waals surface area contributed by atoms with Crippen LogP contribution in [0.25, 0.3) is 16.7 Å². The highest BCUT2D eigenvalue weighted by Crippen LogP contribution is 2.21. The second-order valence-corrected chi connectivity index (χ2v) is 9.08. The minimum absolute atomic E-state index is 0.0249. The Balaban J connectivity index is 1.98. The molecule has 0 aliphatic carbocycles. The lowest BCUT2D eigenvalue weighted by atomic mass is 10.2. The molecular formula is C18H20N4O3S2. The molecule has 0 amide bonds. The van der Waals surface area contributed by atoms with Crippen LogP contribution < -0.4 is 10.3 Å². The molecule has 1 N–H and O–H groups in total. The predicted molar refractivity (Wildman–Crippen MR) is 108 cm³/mol. The third kappa shape index (κ3) is 4.55. The molecule has 0 fully saturated rings. The van der Waals surface area contributed by atoms with Crippen molar-refractivity contribution in [3.8, 4) is 5.82 Å². The zero-order valence-corrected chi connectivity index (χ0v) is 16.7. The summed E-state index contributed by atoms with van der Waals surface area (Å²) in [6.07, 6.45) is 2.14. The highest BCUT2D eigenvalue weighted by atomic mass is 32.2. The molecule has 0 unspecified atom stereocenters. The van der Waals surface area contributed by atoms with Gasteiger partial charge >= 0.3 is 0 Å². The minimum atomic E-state index is -3.25. The van der Waals surface area contributed by atoms with E-state index >= 15 is 0 Å². The number of aromatic nitrogens is 3. The van der Waals surface area contributed by atoms with E-state index in [1.165, 1.54) is 23.4 Å². The molecule has 0 atom stereocenters. The molecule has 142 valence electrons. The minimum Gasteiger partial charge on any atom is -0.268 e. The lowest BCUT2D eigenvalue weighted by molar-refractivity contribution is 0.587. The molecular weight excluding hydrogens is 384 g/mol. The van der Waals surface area contributed by atoms with Gasteiger partial charge in [0.1, 0.15) is 5.82 Å². The monoisotopic (exact) mass is 404 g/mol. The number of hydrogen-bond donors (Lipinski definition) is 1. The molecule has 0 saturated heterocycles. The summed E-state index contributed by atoms with van der Waals surface area (Å²) in [7, 11) is -1.85. The largest absolute Gasteiger partial charge is 0.268 e. The smallest absolute Gasteiger partial charge is 0.267 e. The average molecular weight is 405 g/mol. The Bertz CT molecular complexity index is 1110. The van der Waals surface area contributed by atoms with Gasteiger partial charge in [-0.3, -0.25) is 4.79 Å². The number of pyridine rings is 1. The number of fused-ring (bicyclic) bond motifs is 1. The maximum atomic E-state index is 13.0. The molecule has 7 nitrogen and oxygen atoms in total. The fourth-order valence-corrected chi connectivity index (χ4v) is 4.37. The molecule has 0 spiro atoms. The molecule has 2 heterocycles. The van der Waals surface area contributed by atoms with E-state index in [4.69, 9.17) is 0 Å². The Kier molecular flexibility index (Phi) is 5.93. The molecule has 1 aromatic carbocycles. The third-order valence-electron chi connectivity index (χ3n) is 3.97. The van der Waals surface area contributed by atoms with Gasteiger partial charge in [0.25, 0.3) is 5.56 Å². The number of thioether (sulfide) groups is 1. The number of aryl methyl sites for hydroxylation is 1. The number of rotatable bonds is 7. The van der Waals surface area contributed by atoms with Crippen molar-refractivity contribution >= 4 is 32.7 Å². The van der Waals surface area contributed by atoms with Crippen LogP contribution in [0, 0.1) is 6.92 Å². The first-order valence-corrected chi connectivity index (χ1v) is 11.0. The van der Waals surface area contributed by atoms with Crippen LogP contribution >= 0.6 is 11.8 Å². The summed E-state index contributed by atoms with van der Waals surface area (Å²) in [6.45, 7) is 1.93. The standard InChI is InChI=1S/C18H20N4O3S2/c1-13-8-9-16(20-12-13)22-17(23)14-6-3-4-7-15(14)21-18(22)26-10-5-11-27(24,25)19-2/h3-4,6-9,12,19H,5,10-11H2,1-2H3. The quantitative estimate of drug-likeness (QED) is 0.368. The van der Waals surface area contributed by atoms with E-state index in [2.05, 4.69) is 14.7 Å². The summed E-state index contributed by atoms with van der Waals surface area (Å²) < 4.78 is 26.9. The van der Waals surface area contributed by atoms with Gasteiger partial charge < -0.3 is 0 Å².